The van der Waals surface area contributed by atoms with Gasteiger partial charge in [-0.1, -0.05) is 18.9 Å². The van der Waals surface area contributed by atoms with Crippen LogP contribution in [-0.4, -0.2) is 62.8 Å². The normalized spacial score (nSPS) is 19.2. The average Bonchev–Trinajstić information content (AvgIpc) is 3.20. The average molecular weight is 394 g/mol. The maximum atomic E-state index is 12.9. The number of carbonyl (C=O) groups excluding carboxylic acids is 2. The minimum atomic E-state index is -3.71. The summed E-state index contributed by atoms with van der Waals surface area (Å²) in [7, 11) is -2.45. The molecular formula is C19H26N2O5S. The van der Waals surface area contributed by atoms with Gasteiger partial charge in [0, 0.05) is 32.6 Å². The summed E-state index contributed by atoms with van der Waals surface area (Å²) in [6.07, 6.45) is 5.23. The van der Waals surface area contributed by atoms with Gasteiger partial charge in [0.05, 0.1) is 17.6 Å². The minimum absolute atomic E-state index is 0.0659. The van der Waals surface area contributed by atoms with E-state index in [1.54, 1.807) is 4.90 Å². The summed E-state index contributed by atoms with van der Waals surface area (Å²) in [6, 6.07) is 5.85. The predicted molar refractivity (Wildman–Crippen MR) is 99.7 cm³/mol. The fourth-order valence-electron chi connectivity index (χ4n) is 3.82. The number of nitrogens with zero attached hydrogens (tertiary/aromatic N) is 2. The number of ether oxygens (including phenoxy) is 1. The first-order valence-electron chi connectivity index (χ1n) is 9.38. The molecule has 8 heteroatoms. The molecule has 1 aliphatic carbocycles. The van der Waals surface area contributed by atoms with E-state index in [0.717, 1.165) is 12.8 Å². The van der Waals surface area contributed by atoms with Crippen molar-refractivity contribution >= 4 is 21.9 Å². The Morgan fingerprint density at radius 1 is 1.11 bits per heavy atom. The number of rotatable bonds is 5. The van der Waals surface area contributed by atoms with Crippen LogP contribution in [0.3, 0.4) is 0 Å². The van der Waals surface area contributed by atoms with E-state index in [-0.39, 0.29) is 29.5 Å². The molecule has 2 fully saturated rings. The van der Waals surface area contributed by atoms with Crippen molar-refractivity contribution in [3.63, 3.8) is 0 Å². The Bertz CT molecular complexity index is 794. The van der Waals surface area contributed by atoms with Crippen molar-refractivity contribution in [2.45, 2.75) is 37.0 Å². The standard InChI is InChI=1S/C19H26N2O5S/c1-26-19(23)16-7-4-8-17(14-16)27(24,25)21-11-9-20(10-12-21)18(22)13-15-5-2-3-6-15/h4,7-8,14-15H,2-3,5-6,9-13H2,1H3. The van der Waals surface area contributed by atoms with Crippen molar-refractivity contribution in [2.75, 3.05) is 33.3 Å². The third kappa shape index (κ3) is 4.50. The number of hydrogen-bond donors (Lipinski definition) is 0. The van der Waals surface area contributed by atoms with Gasteiger partial charge in [0.1, 0.15) is 0 Å². The second-order valence-electron chi connectivity index (χ2n) is 7.16. The lowest BCUT2D eigenvalue weighted by atomic mass is 10.0. The van der Waals surface area contributed by atoms with E-state index in [1.807, 2.05) is 0 Å². The monoisotopic (exact) mass is 394 g/mol. The van der Waals surface area contributed by atoms with Gasteiger partial charge in [0.25, 0.3) is 0 Å². The van der Waals surface area contributed by atoms with Crippen LogP contribution in [0.2, 0.25) is 0 Å². The smallest absolute Gasteiger partial charge is 0.337 e. The van der Waals surface area contributed by atoms with Crippen molar-refractivity contribution in [3.05, 3.63) is 29.8 Å². The fraction of sp³-hybridized carbons (Fsp3) is 0.579. The molecule has 0 bridgehead atoms. The molecule has 1 amide bonds. The Hall–Kier alpha value is -1.93. The second kappa shape index (κ2) is 8.39. The highest BCUT2D eigenvalue weighted by Crippen LogP contribution is 2.28. The number of amides is 1. The van der Waals surface area contributed by atoms with Crippen LogP contribution >= 0.6 is 0 Å². The first kappa shape index (κ1) is 19.8. The largest absolute Gasteiger partial charge is 0.465 e. The Kier molecular flexibility index (Phi) is 6.16. The summed E-state index contributed by atoms with van der Waals surface area (Å²) in [5.74, 6) is 0.0429. The van der Waals surface area contributed by atoms with Gasteiger partial charge in [0.15, 0.2) is 0 Å². The maximum absolute atomic E-state index is 12.9. The number of hydrogen-bond acceptors (Lipinski definition) is 5. The van der Waals surface area contributed by atoms with Crippen LogP contribution in [0.4, 0.5) is 0 Å². The molecule has 3 rings (SSSR count). The fourth-order valence-corrected chi connectivity index (χ4v) is 5.29. The second-order valence-corrected chi connectivity index (χ2v) is 9.10. The van der Waals surface area contributed by atoms with E-state index in [2.05, 4.69) is 4.74 Å². The summed E-state index contributed by atoms with van der Waals surface area (Å²) in [4.78, 5) is 25.9. The lowest BCUT2D eigenvalue weighted by Crippen LogP contribution is -2.50. The molecule has 0 unspecified atom stereocenters. The molecule has 0 aromatic heterocycles. The molecule has 148 valence electrons. The van der Waals surface area contributed by atoms with E-state index in [9.17, 15) is 18.0 Å². The number of esters is 1. The lowest BCUT2D eigenvalue weighted by Gasteiger charge is -2.34. The third-order valence-corrected chi connectivity index (χ3v) is 7.32. The molecule has 1 saturated heterocycles. The topological polar surface area (TPSA) is 84.0 Å². The molecule has 1 aromatic carbocycles. The Labute approximate surface area is 160 Å². The zero-order chi connectivity index (χ0) is 19.4. The molecule has 1 aromatic rings. The van der Waals surface area contributed by atoms with Gasteiger partial charge in [-0.25, -0.2) is 13.2 Å². The molecule has 1 aliphatic heterocycles. The summed E-state index contributed by atoms with van der Waals surface area (Å²) >= 11 is 0. The molecule has 0 N–H and O–H groups in total. The van der Waals surface area contributed by atoms with Gasteiger partial charge >= 0.3 is 5.97 Å². The van der Waals surface area contributed by atoms with Crippen LogP contribution in [0.15, 0.2) is 29.2 Å². The van der Waals surface area contributed by atoms with Gasteiger partial charge in [0.2, 0.25) is 15.9 Å². The number of carbonyl (C=O) groups is 2. The van der Waals surface area contributed by atoms with Gasteiger partial charge in [-0.15, -0.1) is 0 Å². The summed E-state index contributed by atoms with van der Waals surface area (Å²) in [5, 5.41) is 0. The molecule has 0 spiro atoms. The van der Waals surface area contributed by atoms with E-state index in [0.29, 0.717) is 25.4 Å². The Morgan fingerprint density at radius 2 is 1.78 bits per heavy atom. The molecule has 27 heavy (non-hydrogen) atoms. The van der Waals surface area contributed by atoms with Gasteiger partial charge in [-0.2, -0.15) is 4.31 Å². The Morgan fingerprint density at radius 3 is 2.41 bits per heavy atom. The molecule has 1 saturated carbocycles. The summed E-state index contributed by atoms with van der Waals surface area (Å²) in [6.45, 7) is 1.34. The van der Waals surface area contributed by atoms with Crippen molar-refractivity contribution in [3.8, 4) is 0 Å². The van der Waals surface area contributed by atoms with E-state index < -0.39 is 16.0 Å². The zero-order valence-electron chi connectivity index (χ0n) is 15.6. The van der Waals surface area contributed by atoms with Crippen LogP contribution in [-0.2, 0) is 19.6 Å². The van der Waals surface area contributed by atoms with Gasteiger partial charge in [-0.05, 0) is 37.0 Å². The van der Waals surface area contributed by atoms with Crippen LogP contribution in [0.25, 0.3) is 0 Å². The number of benzene rings is 1. The van der Waals surface area contributed by atoms with E-state index in [1.165, 1.54) is 48.5 Å². The lowest BCUT2D eigenvalue weighted by molar-refractivity contribution is -0.133. The molecule has 7 nitrogen and oxygen atoms in total. The van der Waals surface area contributed by atoms with Gasteiger partial charge in [-0.3, -0.25) is 4.79 Å². The number of methoxy groups -OCH3 is 1. The third-order valence-electron chi connectivity index (χ3n) is 5.42. The van der Waals surface area contributed by atoms with Crippen LogP contribution in [0.1, 0.15) is 42.5 Å². The summed E-state index contributed by atoms with van der Waals surface area (Å²) < 4.78 is 31.8. The number of piperazine rings is 1. The molecule has 2 aliphatic rings. The summed E-state index contributed by atoms with van der Waals surface area (Å²) in [5.41, 5.74) is 0.198. The van der Waals surface area contributed by atoms with Crippen molar-refractivity contribution in [2.24, 2.45) is 5.92 Å². The first-order chi connectivity index (χ1) is 12.9. The van der Waals surface area contributed by atoms with Crippen LogP contribution < -0.4 is 0 Å². The van der Waals surface area contributed by atoms with Crippen LogP contribution in [0.5, 0.6) is 0 Å². The van der Waals surface area contributed by atoms with Gasteiger partial charge < -0.3 is 9.64 Å². The van der Waals surface area contributed by atoms with E-state index >= 15 is 0 Å². The van der Waals surface area contributed by atoms with E-state index in [4.69, 9.17) is 0 Å². The maximum Gasteiger partial charge on any atom is 0.337 e. The minimum Gasteiger partial charge on any atom is -0.465 e. The molecular weight excluding hydrogens is 368 g/mol. The molecule has 0 radical (unpaired) electrons. The zero-order valence-corrected chi connectivity index (χ0v) is 16.4. The van der Waals surface area contributed by atoms with Crippen LogP contribution in [0, 0.1) is 5.92 Å². The predicted octanol–water partition coefficient (Wildman–Crippen LogP) is 1.89. The van der Waals surface area contributed by atoms with Crippen molar-refractivity contribution < 1.29 is 22.7 Å². The molecule has 1 heterocycles. The highest BCUT2D eigenvalue weighted by molar-refractivity contribution is 7.89. The SMILES string of the molecule is COC(=O)c1cccc(S(=O)(=O)N2CCN(C(=O)CC3CCCC3)CC2)c1. The molecule has 0 atom stereocenters. The number of sulfonamides is 1. The quantitative estimate of drug-likeness (QED) is 0.712. The van der Waals surface area contributed by atoms with Crippen molar-refractivity contribution in [1.82, 2.24) is 9.21 Å². The highest BCUT2D eigenvalue weighted by Gasteiger charge is 2.31. The first-order valence-corrected chi connectivity index (χ1v) is 10.8. The van der Waals surface area contributed by atoms with Crippen molar-refractivity contribution in [1.29, 1.82) is 0 Å². The highest BCUT2D eigenvalue weighted by atomic mass is 32.2. The Balaban J connectivity index is 1.62.